The van der Waals surface area contributed by atoms with E-state index < -0.39 is 15.9 Å². The summed E-state index contributed by atoms with van der Waals surface area (Å²) in [4.78, 5) is 27.0. The van der Waals surface area contributed by atoms with Crippen LogP contribution < -0.4 is 14.5 Å². The third kappa shape index (κ3) is 3.79. The number of nitrogens with zero attached hydrogens (tertiary/aromatic N) is 2. The number of anilines is 3. The Labute approximate surface area is 176 Å². The van der Waals surface area contributed by atoms with Gasteiger partial charge in [-0.3, -0.25) is 13.9 Å². The van der Waals surface area contributed by atoms with Gasteiger partial charge in [0, 0.05) is 30.9 Å². The Bertz CT molecular complexity index is 1100. The summed E-state index contributed by atoms with van der Waals surface area (Å²) in [6, 6.07) is 12.6. The van der Waals surface area contributed by atoms with Gasteiger partial charge >= 0.3 is 0 Å². The molecule has 0 spiro atoms. The van der Waals surface area contributed by atoms with Crippen LogP contribution in [0.2, 0.25) is 0 Å². The molecule has 30 heavy (non-hydrogen) atoms. The van der Waals surface area contributed by atoms with E-state index >= 15 is 0 Å². The first-order valence-corrected chi connectivity index (χ1v) is 11.6. The number of hydrogen-bond donors (Lipinski definition) is 1. The third-order valence-electron chi connectivity index (χ3n) is 5.88. The van der Waals surface area contributed by atoms with Crippen molar-refractivity contribution in [1.82, 2.24) is 0 Å². The highest BCUT2D eigenvalue weighted by Gasteiger charge is 2.36. The van der Waals surface area contributed by atoms with Crippen LogP contribution in [0.25, 0.3) is 0 Å². The molecule has 2 aliphatic heterocycles. The van der Waals surface area contributed by atoms with Crippen molar-refractivity contribution in [2.24, 2.45) is 5.92 Å². The average molecular weight is 428 g/mol. The maximum atomic E-state index is 12.7. The SMILES string of the molecule is Cc1cccc(N2CC(C(=O)Nc3ccc(N4CCCS4(=O)=O)cc3)CC2=O)c1C. The first-order chi connectivity index (χ1) is 14.3. The molecule has 2 heterocycles. The first kappa shape index (κ1) is 20.4. The van der Waals surface area contributed by atoms with Gasteiger partial charge < -0.3 is 10.2 Å². The number of carbonyl (C=O) groups excluding carboxylic acids is 2. The standard InChI is InChI=1S/C22H25N3O4S/c1-15-5-3-6-20(16(15)2)24-14-17(13-21(24)26)22(27)23-18-7-9-19(10-8-18)25-11-4-12-30(25,28)29/h3,5-10,17H,4,11-14H2,1-2H3,(H,23,27). The number of rotatable bonds is 4. The Morgan fingerprint density at radius 2 is 1.83 bits per heavy atom. The molecule has 2 fully saturated rings. The molecule has 8 heteroatoms. The zero-order chi connectivity index (χ0) is 21.5. The Kier molecular flexibility index (Phi) is 5.27. The molecule has 2 aromatic carbocycles. The van der Waals surface area contributed by atoms with Crippen LogP contribution in [-0.2, 0) is 19.6 Å². The molecular formula is C22H25N3O4S. The minimum absolute atomic E-state index is 0.0570. The number of benzene rings is 2. The Balaban J connectivity index is 1.43. The van der Waals surface area contributed by atoms with Crippen molar-refractivity contribution in [3.8, 4) is 0 Å². The van der Waals surface area contributed by atoms with Crippen molar-refractivity contribution >= 4 is 38.9 Å². The summed E-state index contributed by atoms with van der Waals surface area (Å²) in [6.45, 7) is 4.81. The quantitative estimate of drug-likeness (QED) is 0.813. The first-order valence-electron chi connectivity index (χ1n) is 10.0. The molecule has 1 N–H and O–H groups in total. The van der Waals surface area contributed by atoms with Crippen molar-refractivity contribution < 1.29 is 18.0 Å². The molecule has 0 aromatic heterocycles. The normalized spacial score (nSPS) is 20.6. The lowest BCUT2D eigenvalue weighted by molar-refractivity contribution is -0.122. The predicted molar refractivity (Wildman–Crippen MR) is 117 cm³/mol. The fourth-order valence-corrected chi connectivity index (χ4v) is 5.59. The van der Waals surface area contributed by atoms with Crippen LogP contribution in [0.5, 0.6) is 0 Å². The number of nitrogens with one attached hydrogen (secondary N) is 1. The van der Waals surface area contributed by atoms with Gasteiger partial charge in [-0.15, -0.1) is 0 Å². The van der Waals surface area contributed by atoms with Crippen LogP contribution >= 0.6 is 0 Å². The van der Waals surface area contributed by atoms with Gasteiger partial charge in [-0.2, -0.15) is 0 Å². The van der Waals surface area contributed by atoms with Gasteiger partial charge in [-0.1, -0.05) is 12.1 Å². The topological polar surface area (TPSA) is 86.8 Å². The lowest BCUT2D eigenvalue weighted by Crippen LogP contribution is -2.28. The average Bonchev–Trinajstić information content (AvgIpc) is 3.26. The van der Waals surface area contributed by atoms with E-state index in [0.717, 1.165) is 16.8 Å². The highest BCUT2D eigenvalue weighted by atomic mass is 32.2. The summed E-state index contributed by atoms with van der Waals surface area (Å²) >= 11 is 0. The van der Waals surface area contributed by atoms with E-state index in [1.165, 1.54) is 4.31 Å². The predicted octanol–water partition coefficient (Wildman–Crippen LogP) is 2.83. The Morgan fingerprint density at radius 1 is 1.10 bits per heavy atom. The number of amides is 2. The van der Waals surface area contributed by atoms with E-state index in [4.69, 9.17) is 0 Å². The highest BCUT2D eigenvalue weighted by Crippen LogP contribution is 2.30. The molecule has 1 unspecified atom stereocenters. The summed E-state index contributed by atoms with van der Waals surface area (Å²) < 4.78 is 25.5. The van der Waals surface area contributed by atoms with Crippen LogP contribution in [0.4, 0.5) is 17.1 Å². The van der Waals surface area contributed by atoms with E-state index in [9.17, 15) is 18.0 Å². The fraction of sp³-hybridized carbons (Fsp3) is 0.364. The molecule has 2 aliphatic rings. The van der Waals surface area contributed by atoms with E-state index in [1.807, 2.05) is 32.0 Å². The van der Waals surface area contributed by atoms with Crippen molar-refractivity contribution in [1.29, 1.82) is 0 Å². The second-order valence-corrected chi connectivity index (χ2v) is 9.92. The zero-order valence-electron chi connectivity index (χ0n) is 17.1. The van der Waals surface area contributed by atoms with E-state index in [-0.39, 0.29) is 24.0 Å². The lowest BCUT2D eigenvalue weighted by atomic mass is 10.1. The van der Waals surface area contributed by atoms with E-state index in [1.54, 1.807) is 29.2 Å². The number of carbonyl (C=O) groups is 2. The molecule has 2 aromatic rings. The van der Waals surface area contributed by atoms with Crippen molar-refractivity contribution in [3.05, 3.63) is 53.6 Å². The molecule has 4 rings (SSSR count). The Hall–Kier alpha value is -2.87. The van der Waals surface area contributed by atoms with Crippen LogP contribution in [-0.4, -0.2) is 39.1 Å². The molecule has 2 amide bonds. The van der Waals surface area contributed by atoms with Gasteiger partial charge in [-0.25, -0.2) is 8.42 Å². The summed E-state index contributed by atoms with van der Waals surface area (Å²) in [7, 11) is -3.23. The van der Waals surface area contributed by atoms with Crippen molar-refractivity contribution in [2.45, 2.75) is 26.7 Å². The fourth-order valence-electron chi connectivity index (χ4n) is 4.03. The second kappa shape index (κ2) is 7.75. The van der Waals surface area contributed by atoms with E-state index in [0.29, 0.717) is 30.9 Å². The maximum Gasteiger partial charge on any atom is 0.235 e. The third-order valence-corrected chi connectivity index (χ3v) is 7.75. The molecular weight excluding hydrogens is 402 g/mol. The summed E-state index contributed by atoms with van der Waals surface area (Å²) in [5.74, 6) is -0.537. The van der Waals surface area contributed by atoms with Crippen LogP contribution in [0.3, 0.4) is 0 Å². The molecule has 0 bridgehead atoms. The number of hydrogen-bond acceptors (Lipinski definition) is 4. The number of aryl methyl sites for hydroxylation is 1. The minimum Gasteiger partial charge on any atom is -0.326 e. The molecule has 7 nitrogen and oxygen atoms in total. The molecule has 0 saturated carbocycles. The van der Waals surface area contributed by atoms with Gasteiger partial charge in [0.05, 0.1) is 17.4 Å². The van der Waals surface area contributed by atoms with Gasteiger partial charge in [0.1, 0.15) is 0 Å². The summed E-state index contributed by atoms with van der Waals surface area (Å²) in [6.07, 6.45) is 0.788. The second-order valence-electron chi connectivity index (χ2n) is 7.90. The monoisotopic (exact) mass is 427 g/mol. The molecule has 0 radical (unpaired) electrons. The molecule has 158 valence electrons. The van der Waals surface area contributed by atoms with Gasteiger partial charge in [-0.05, 0) is 61.7 Å². The van der Waals surface area contributed by atoms with Crippen LogP contribution in [0.1, 0.15) is 24.0 Å². The minimum atomic E-state index is -3.23. The number of sulfonamides is 1. The highest BCUT2D eigenvalue weighted by molar-refractivity contribution is 7.93. The van der Waals surface area contributed by atoms with Crippen LogP contribution in [0.15, 0.2) is 42.5 Å². The summed E-state index contributed by atoms with van der Waals surface area (Å²) in [5.41, 5.74) is 4.18. The Morgan fingerprint density at radius 3 is 2.50 bits per heavy atom. The molecule has 0 aliphatic carbocycles. The molecule has 1 atom stereocenters. The van der Waals surface area contributed by atoms with Gasteiger partial charge in [0.25, 0.3) is 0 Å². The van der Waals surface area contributed by atoms with E-state index in [2.05, 4.69) is 5.32 Å². The maximum absolute atomic E-state index is 12.7. The van der Waals surface area contributed by atoms with Gasteiger partial charge in [0.2, 0.25) is 21.8 Å². The summed E-state index contributed by atoms with van der Waals surface area (Å²) in [5, 5.41) is 2.86. The van der Waals surface area contributed by atoms with Gasteiger partial charge in [0.15, 0.2) is 0 Å². The van der Waals surface area contributed by atoms with Crippen molar-refractivity contribution in [2.75, 3.05) is 33.4 Å². The smallest absolute Gasteiger partial charge is 0.235 e. The van der Waals surface area contributed by atoms with Crippen molar-refractivity contribution in [3.63, 3.8) is 0 Å². The zero-order valence-corrected chi connectivity index (χ0v) is 17.9. The largest absolute Gasteiger partial charge is 0.326 e. The van der Waals surface area contributed by atoms with Crippen LogP contribution in [0, 0.1) is 19.8 Å². The lowest BCUT2D eigenvalue weighted by Gasteiger charge is -2.20. The molecule has 2 saturated heterocycles.